The zero-order valence-corrected chi connectivity index (χ0v) is 12.9. The first-order valence-corrected chi connectivity index (χ1v) is 7.57. The quantitative estimate of drug-likeness (QED) is 0.887. The lowest BCUT2D eigenvalue weighted by molar-refractivity contribution is -0.137. The molecule has 0 saturated carbocycles. The van der Waals surface area contributed by atoms with E-state index in [0.29, 0.717) is 6.54 Å². The Morgan fingerprint density at radius 2 is 2.36 bits per heavy atom. The molecule has 22 heavy (non-hydrogen) atoms. The van der Waals surface area contributed by atoms with Crippen LogP contribution in [-0.2, 0) is 4.79 Å². The van der Waals surface area contributed by atoms with Crippen molar-refractivity contribution in [2.45, 2.75) is 25.9 Å². The number of carbonyl (C=O) groups is 1. The number of likely N-dealkylation sites (N-methyl/N-ethyl adjacent to an activating group) is 1. The molecule has 8 nitrogen and oxygen atoms in total. The SMILES string of the molecule is CCN1CCN(C(=O)[C@@H](C)n2cncn2)C[C@H]1c1ncc[nH]1. The number of rotatable bonds is 4. The van der Waals surface area contributed by atoms with Crippen LogP contribution in [0.5, 0.6) is 0 Å². The molecule has 0 radical (unpaired) electrons. The van der Waals surface area contributed by atoms with Gasteiger partial charge in [0, 0.05) is 32.0 Å². The minimum atomic E-state index is -0.340. The van der Waals surface area contributed by atoms with Gasteiger partial charge in [-0.15, -0.1) is 0 Å². The van der Waals surface area contributed by atoms with E-state index in [9.17, 15) is 4.79 Å². The smallest absolute Gasteiger partial charge is 0.247 e. The Kier molecular flexibility index (Phi) is 4.19. The summed E-state index contributed by atoms with van der Waals surface area (Å²) < 4.78 is 1.59. The Labute approximate surface area is 129 Å². The van der Waals surface area contributed by atoms with Crippen molar-refractivity contribution >= 4 is 5.91 Å². The summed E-state index contributed by atoms with van der Waals surface area (Å²) in [5, 5.41) is 4.06. The van der Waals surface area contributed by atoms with E-state index in [2.05, 4.69) is 31.9 Å². The maximum atomic E-state index is 12.7. The molecule has 3 rings (SSSR count). The maximum absolute atomic E-state index is 12.7. The van der Waals surface area contributed by atoms with Crippen LogP contribution in [0.25, 0.3) is 0 Å². The first-order valence-electron chi connectivity index (χ1n) is 7.57. The highest BCUT2D eigenvalue weighted by molar-refractivity contribution is 5.80. The Morgan fingerprint density at radius 1 is 1.50 bits per heavy atom. The summed E-state index contributed by atoms with van der Waals surface area (Å²) in [6.07, 6.45) is 6.60. The maximum Gasteiger partial charge on any atom is 0.247 e. The molecule has 1 fully saturated rings. The van der Waals surface area contributed by atoms with Gasteiger partial charge in [-0.25, -0.2) is 14.6 Å². The predicted octanol–water partition coefficient (Wildman–Crippen LogP) is 0.468. The number of aromatic amines is 1. The summed E-state index contributed by atoms with van der Waals surface area (Å²) in [5.74, 6) is 0.977. The number of aromatic nitrogens is 5. The molecule has 2 aromatic rings. The summed E-state index contributed by atoms with van der Waals surface area (Å²) in [5.41, 5.74) is 0. The van der Waals surface area contributed by atoms with Crippen LogP contribution in [0.2, 0.25) is 0 Å². The third-order valence-corrected chi connectivity index (χ3v) is 4.23. The lowest BCUT2D eigenvalue weighted by Gasteiger charge is -2.40. The van der Waals surface area contributed by atoms with E-state index in [4.69, 9.17) is 0 Å². The molecule has 1 aliphatic rings. The molecule has 8 heteroatoms. The zero-order chi connectivity index (χ0) is 15.5. The third-order valence-electron chi connectivity index (χ3n) is 4.23. The minimum Gasteiger partial charge on any atom is -0.347 e. The van der Waals surface area contributed by atoms with Crippen LogP contribution in [0.3, 0.4) is 0 Å². The summed E-state index contributed by atoms with van der Waals surface area (Å²) >= 11 is 0. The van der Waals surface area contributed by atoms with Crippen molar-refractivity contribution in [3.8, 4) is 0 Å². The minimum absolute atomic E-state index is 0.0674. The van der Waals surface area contributed by atoms with E-state index in [0.717, 1.165) is 25.5 Å². The highest BCUT2D eigenvalue weighted by atomic mass is 16.2. The Balaban J connectivity index is 1.74. The monoisotopic (exact) mass is 303 g/mol. The van der Waals surface area contributed by atoms with E-state index in [1.165, 1.54) is 6.33 Å². The van der Waals surface area contributed by atoms with Crippen molar-refractivity contribution in [1.82, 2.24) is 34.5 Å². The first-order chi connectivity index (χ1) is 10.7. The molecular formula is C14H21N7O. The van der Waals surface area contributed by atoms with Crippen LogP contribution in [0.4, 0.5) is 0 Å². The number of H-pyrrole nitrogens is 1. The van der Waals surface area contributed by atoms with Gasteiger partial charge in [-0.2, -0.15) is 5.10 Å². The molecule has 0 bridgehead atoms. The summed E-state index contributed by atoms with van der Waals surface area (Å²) in [6.45, 7) is 7.13. The van der Waals surface area contributed by atoms with Gasteiger partial charge in [-0.3, -0.25) is 9.69 Å². The molecule has 2 atom stereocenters. The average Bonchev–Trinajstić information content (AvgIpc) is 3.25. The van der Waals surface area contributed by atoms with Crippen LogP contribution < -0.4 is 0 Å². The van der Waals surface area contributed by atoms with Crippen molar-refractivity contribution < 1.29 is 4.79 Å². The molecule has 0 aromatic carbocycles. The van der Waals surface area contributed by atoms with Crippen LogP contribution >= 0.6 is 0 Å². The van der Waals surface area contributed by atoms with Gasteiger partial charge in [0.1, 0.15) is 24.5 Å². The molecule has 1 aliphatic heterocycles. The van der Waals surface area contributed by atoms with Gasteiger partial charge in [0.15, 0.2) is 0 Å². The zero-order valence-electron chi connectivity index (χ0n) is 12.9. The van der Waals surface area contributed by atoms with Gasteiger partial charge in [0.05, 0.1) is 6.04 Å². The van der Waals surface area contributed by atoms with Crippen molar-refractivity contribution in [1.29, 1.82) is 0 Å². The second-order valence-corrected chi connectivity index (χ2v) is 5.45. The van der Waals surface area contributed by atoms with E-state index < -0.39 is 0 Å². The highest BCUT2D eigenvalue weighted by Gasteiger charge is 2.33. The second-order valence-electron chi connectivity index (χ2n) is 5.45. The fourth-order valence-electron chi connectivity index (χ4n) is 2.91. The fourth-order valence-corrected chi connectivity index (χ4v) is 2.91. The molecule has 2 aromatic heterocycles. The van der Waals surface area contributed by atoms with Crippen LogP contribution in [0.15, 0.2) is 25.0 Å². The lowest BCUT2D eigenvalue weighted by Crippen LogP contribution is -2.52. The second kappa shape index (κ2) is 6.27. The first kappa shape index (κ1) is 14.7. The number of nitrogens with one attached hydrogen (secondary N) is 1. The molecule has 0 aliphatic carbocycles. The molecule has 118 valence electrons. The molecule has 1 saturated heterocycles. The Morgan fingerprint density at radius 3 is 3.00 bits per heavy atom. The van der Waals surface area contributed by atoms with Crippen molar-refractivity contribution in [3.05, 3.63) is 30.9 Å². The van der Waals surface area contributed by atoms with Crippen LogP contribution in [0.1, 0.15) is 31.8 Å². The molecule has 1 N–H and O–H groups in total. The number of nitrogens with zero attached hydrogens (tertiary/aromatic N) is 6. The molecular weight excluding hydrogens is 282 g/mol. The van der Waals surface area contributed by atoms with Gasteiger partial charge < -0.3 is 9.88 Å². The predicted molar refractivity (Wildman–Crippen MR) is 79.9 cm³/mol. The largest absolute Gasteiger partial charge is 0.347 e. The van der Waals surface area contributed by atoms with E-state index >= 15 is 0 Å². The van der Waals surface area contributed by atoms with Gasteiger partial charge >= 0.3 is 0 Å². The van der Waals surface area contributed by atoms with Crippen LogP contribution in [-0.4, -0.2) is 66.6 Å². The molecule has 3 heterocycles. The van der Waals surface area contributed by atoms with Gasteiger partial charge in [0.25, 0.3) is 0 Å². The number of hydrogen-bond acceptors (Lipinski definition) is 5. The molecule has 1 amide bonds. The number of hydrogen-bond donors (Lipinski definition) is 1. The Hall–Kier alpha value is -2.22. The number of carbonyl (C=O) groups excluding carboxylic acids is 1. The van der Waals surface area contributed by atoms with Crippen molar-refractivity contribution in [3.63, 3.8) is 0 Å². The average molecular weight is 303 g/mol. The normalized spacial score (nSPS) is 21.0. The van der Waals surface area contributed by atoms with E-state index in [1.54, 1.807) is 17.2 Å². The highest BCUT2D eigenvalue weighted by Crippen LogP contribution is 2.24. The summed E-state index contributed by atoms with van der Waals surface area (Å²) in [7, 11) is 0. The fraction of sp³-hybridized carbons (Fsp3) is 0.571. The topological polar surface area (TPSA) is 82.9 Å². The van der Waals surface area contributed by atoms with E-state index in [1.807, 2.05) is 18.0 Å². The summed E-state index contributed by atoms with van der Waals surface area (Å²) in [6, 6.07) is -0.228. The van der Waals surface area contributed by atoms with Gasteiger partial charge in [-0.1, -0.05) is 6.92 Å². The Bertz CT molecular complexity index is 595. The third kappa shape index (κ3) is 2.74. The van der Waals surface area contributed by atoms with E-state index in [-0.39, 0.29) is 18.0 Å². The van der Waals surface area contributed by atoms with Crippen molar-refractivity contribution in [2.24, 2.45) is 0 Å². The van der Waals surface area contributed by atoms with Crippen LogP contribution in [0, 0.1) is 0 Å². The lowest BCUT2D eigenvalue weighted by atomic mass is 10.1. The van der Waals surface area contributed by atoms with Gasteiger partial charge in [-0.05, 0) is 13.5 Å². The summed E-state index contributed by atoms with van der Waals surface area (Å²) in [4.78, 5) is 28.4. The molecule has 0 spiro atoms. The number of piperazine rings is 1. The molecule has 0 unspecified atom stereocenters. The standard InChI is InChI=1S/C14H21N7O/c1-3-19-6-7-20(8-12(19)13-16-4-5-17-13)14(22)11(2)21-10-15-9-18-21/h4-5,9-12H,3,6-8H2,1-2H3,(H,16,17)/t11-,12+/m1/s1. The number of imidazole rings is 1. The van der Waals surface area contributed by atoms with Gasteiger partial charge in [0.2, 0.25) is 5.91 Å². The van der Waals surface area contributed by atoms with Crippen molar-refractivity contribution in [2.75, 3.05) is 26.2 Å². The number of amides is 1.